The lowest BCUT2D eigenvalue weighted by molar-refractivity contribution is 0.146. The van der Waals surface area contributed by atoms with E-state index < -0.39 is 6.10 Å². The largest absolute Gasteiger partial charge is 0.490 e. The van der Waals surface area contributed by atoms with E-state index in [9.17, 15) is 5.11 Å². The van der Waals surface area contributed by atoms with Crippen molar-refractivity contribution >= 4 is 5.71 Å². The minimum absolute atomic E-state index is 0.135. The summed E-state index contributed by atoms with van der Waals surface area (Å²) < 4.78 is 5.23. The number of nitrogens with zero attached hydrogens (tertiary/aromatic N) is 1. The van der Waals surface area contributed by atoms with Crippen molar-refractivity contribution in [2.45, 2.75) is 6.10 Å². The van der Waals surface area contributed by atoms with Gasteiger partial charge in [-0.3, -0.25) is 0 Å². The number of rotatable bonds is 0. The van der Waals surface area contributed by atoms with Gasteiger partial charge in [-0.1, -0.05) is 17.3 Å². The Hall–Kier alpha value is -1.55. The third-order valence-electron chi connectivity index (χ3n) is 1.98. The first-order valence-corrected chi connectivity index (χ1v) is 3.95. The van der Waals surface area contributed by atoms with Crippen LogP contribution in [0.25, 0.3) is 0 Å². The number of ether oxygens (including phenoxy) is 1. The molecule has 0 unspecified atom stereocenters. The molecule has 0 spiro atoms. The second kappa shape index (κ2) is 3.06. The summed E-state index contributed by atoms with van der Waals surface area (Å²) in [6, 6.07) is 7.14. The van der Waals surface area contributed by atoms with Crippen LogP contribution in [0, 0.1) is 0 Å². The summed E-state index contributed by atoms with van der Waals surface area (Å²) in [5.74, 6) is 0.639. The maximum absolute atomic E-state index is 9.40. The Morgan fingerprint density at radius 2 is 2.15 bits per heavy atom. The van der Waals surface area contributed by atoms with Crippen LogP contribution in [0.15, 0.2) is 29.4 Å². The summed E-state index contributed by atoms with van der Waals surface area (Å²) in [5.41, 5.74) is 0.908. The summed E-state index contributed by atoms with van der Waals surface area (Å²) >= 11 is 0. The van der Waals surface area contributed by atoms with Crippen LogP contribution < -0.4 is 4.74 Å². The Kier molecular flexibility index (Phi) is 1.90. The summed E-state index contributed by atoms with van der Waals surface area (Å²) in [6.07, 6.45) is -0.847. The highest BCUT2D eigenvalue weighted by Gasteiger charge is 2.24. The lowest BCUT2D eigenvalue weighted by Crippen LogP contribution is -2.33. The van der Waals surface area contributed by atoms with Crippen molar-refractivity contribution in [2.75, 3.05) is 6.61 Å². The fraction of sp³-hybridized carbons (Fsp3) is 0.222. The first-order valence-electron chi connectivity index (χ1n) is 3.95. The van der Waals surface area contributed by atoms with Gasteiger partial charge in [-0.15, -0.1) is 0 Å². The molecule has 68 valence electrons. The number of hydrogen-bond acceptors (Lipinski definition) is 4. The highest BCUT2D eigenvalue weighted by molar-refractivity contribution is 6.06. The van der Waals surface area contributed by atoms with E-state index in [1.807, 2.05) is 6.07 Å². The lowest BCUT2D eigenvalue weighted by atomic mass is 10.0. The molecule has 0 radical (unpaired) electrons. The molecule has 4 heteroatoms. The Balaban J connectivity index is 2.52. The number of aliphatic hydroxyl groups is 1. The number of aliphatic hydroxyl groups excluding tert-OH is 1. The Bertz CT molecular complexity index is 348. The maximum atomic E-state index is 9.40. The molecule has 0 aliphatic carbocycles. The SMILES string of the molecule is O/N=C1\c2ccccc2OC[C@H]1O. The Morgan fingerprint density at radius 1 is 1.38 bits per heavy atom. The molecule has 0 aromatic heterocycles. The molecule has 0 fully saturated rings. The van der Waals surface area contributed by atoms with Crippen molar-refractivity contribution in [2.24, 2.45) is 5.16 Å². The van der Waals surface area contributed by atoms with Crippen LogP contribution in [0.1, 0.15) is 5.56 Å². The molecule has 1 aliphatic heterocycles. The van der Waals surface area contributed by atoms with Gasteiger partial charge in [0.2, 0.25) is 0 Å². The van der Waals surface area contributed by atoms with Gasteiger partial charge in [0, 0.05) is 5.56 Å². The maximum Gasteiger partial charge on any atom is 0.134 e. The molecule has 2 rings (SSSR count). The average molecular weight is 179 g/mol. The van der Waals surface area contributed by atoms with Gasteiger partial charge in [0.25, 0.3) is 0 Å². The molecule has 0 bridgehead atoms. The van der Waals surface area contributed by atoms with Crippen molar-refractivity contribution in [3.05, 3.63) is 29.8 Å². The topological polar surface area (TPSA) is 62.1 Å². The van der Waals surface area contributed by atoms with Crippen molar-refractivity contribution in [1.29, 1.82) is 0 Å². The molecule has 0 amide bonds. The van der Waals surface area contributed by atoms with Crippen molar-refractivity contribution in [3.8, 4) is 5.75 Å². The molecule has 13 heavy (non-hydrogen) atoms. The molecule has 2 N–H and O–H groups in total. The third kappa shape index (κ3) is 1.25. The van der Waals surface area contributed by atoms with Gasteiger partial charge in [-0.05, 0) is 12.1 Å². The highest BCUT2D eigenvalue weighted by atomic mass is 16.5. The number of hydrogen-bond donors (Lipinski definition) is 2. The van der Waals surface area contributed by atoms with Gasteiger partial charge in [0.15, 0.2) is 0 Å². The lowest BCUT2D eigenvalue weighted by Gasteiger charge is -2.22. The van der Waals surface area contributed by atoms with Gasteiger partial charge in [0.1, 0.15) is 24.2 Å². The minimum atomic E-state index is -0.847. The number of fused-ring (bicyclic) bond motifs is 1. The van der Waals surface area contributed by atoms with Crippen LogP contribution in [0.2, 0.25) is 0 Å². The smallest absolute Gasteiger partial charge is 0.134 e. The molecule has 1 aromatic carbocycles. The average Bonchev–Trinajstić information content (AvgIpc) is 2.18. The second-order valence-electron chi connectivity index (χ2n) is 2.81. The zero-order chi connectivity index (χ0) is 9.26. The zero-order valence-corrected chi connectivity index (χ0v) is 6.84. The van der Waals surface area contributed by atoms with E-state index >= 15 is 0 Å². The summed E-state index contributed by atoms with van der Waals surface area (Å²) in [5, 5.41) is 21.1. The van der Waals surface area contributed by atoms with E-state index in [0.29, 0.717) is 11.3 Å². The minimum Gasteiger partial charge on any atom is -0.490 e. The number of oxime groups is 1. The number of benzene rings is 1. The van der Waals surface area contributed by atoms with Crippen LogP contribution in [0.5, 0.6) is 5.75 Å². The van der Waals surface area contributed by atoms with Gasteiger partial charge >= 0.3 is 0 Å². The fourth-order valence-electron chi connectivity index (χ4n) is 1.35. The second-order valence-corrected chi connectivity index (χ2v) is 2.81. The van der Waals surface area contributed by atoms with Crippen molar-refractivity contribution in [1.82, 2.24) is 0 Å². The molecule has 1 aromatic rings. The van der Waals surface area contributed by atoms with Crippen molar-refractivity contribution in [3.63, 3.8) is 0 Å². The van der Waals surface area contributed by atoms with E-state index in [-0.39, 0.29) is 12.3 Å². The highest BCUT2D eigenvalue weighted by Crippen LogP contribution is 2.24. The zero-order valence-electron chi connectivity index (χ0n) is 6.84. The summed E-state index contributed by atoms with van der Waals surface area (Å²) in [7, 11) is 0. The first kappa shape index (κ1) is 8.07. The van der Waals surface area contributed by atoms with E-state index in [1.54, 1.807) is 18.2 Å². The molecule has 0 saturated heterocycles. The summed E-state index contributed by atoms with van der Waals surface area (Å²) in [6.45, 7) is 0.135. The molecule has 4 nitrogen and oxygen atoms in total. The Morgan fingerprint density at radius 3 is 2.92 bits per heavy atom. The normalized spacial score (nSPS) is 23.8. The summed E-state index contributed by atoms with van der Waals surface area (Å²) in [4.78, 5) is 0. The quantitative estimate of drug-likeness (QED) is 0.453. The van der Waals surface area contributed by atoms with Crippen molar-refractivity contribution < 1.29 is 15.1 Å². The predicted molar refractivity (Wildman–Crippen MR) is 46.3 cm³/mol. The predicted octanol–water partition coefficient (Wildman–Crippen LogP) is 0.618. The van der Waals surface area contributed by atoms with Crippen LogP contribution in [0.3, 0.4) is 0 Å². The van der Waals surface area contributed by atoms with Crippen LogP contribution in [0.4, 0.5) is 0 Å². The van der Waals surface area contributed by atoms with E-state index in [0.717, 1.165) is 0 Å². The van der Waals surface area contributed by atoms with Crippen LogP contribution >= 0.6 is 0 Å². The molecule has 1 aliphatic rings. The van der Waals surface area contributed by atoms with Crippen LogP contribution in [-0.2, 0) is 0 Å². The van der Waals surface area contributed by atoms with Gasteiger partial charge in [-0.25, -0.2) is 0 Å². The third-order valence-corrected chi connectivity index (χ3v) is 1.98. The van der Waals surface area contributed by atoms with E-state index in [4.69, 9.17) is 9.94 Å². The first-order chi connectivity index (χ1) is 6.33. The van der Waals surface area contributed by atoms with E-state index in [1.165, 1.54) is 0 Å². The molecule has 0 saturated carbocycles. The molecule has 1 heterocycles. The van der Waals surface area contributed by atoms with E-state index in [2.05, 4.69) is 5.16 Å². The van der Waals surface area contributed by atoms with Crippen LogP contribution in [-0.4, -0.2) is 28.7 Å². The van der Waals surface area contributed by atoms with Gasteiger partial charge in [0.05, 0.1) is 0 Å². The van der Waals surface area contributed by atoms with Gasteiger partial charge in [-0.2, -0.15) is 0 Å². The standard InChI is InChI=1S/C9H9NO3/c11-7-5-13-8-4-2-1-3-6(8)9(7)10-12/h1-4,7,11-12H,5H2/b10-9+/t7-/m1/s1. The molecular weight excluding hydrogens is 170 g/mol. The molecular formula is C9H9NO3. The monoisotopic (exact) mass is 179 g/mol. The fourth-order valence-corrected chi connectivity index (χ4v) is 1.35. The number of para-hydroxylation sites is 1. The Labute approximate surface area is 75.1 Å². The molecule has 1 atom stereocenters. The van der Waals surface area contributed by atoms with Gasteiger partial charge < -0.3 is 15.1 Å².